The molecule has 0 saturated heterocycles. The number of ether oxygens (including phenoxy) is 1. The monoisotopic (exact) mass is 474 g/mol. The number of hydrogen-bond acceptors (Lipinski definition) is 9. The highest BCUT2D eigenvalue weighted by molar-refractivity contribution is 5.83. The molecular weight excluding hydrogens is 444 g/mol. The van der Waals surface area contributed by atoms with E-state index in [4.69, 9.17) is 10.5 Å². The van der Waals surface area contributed by atoms with Gasteiger partial charge in [0, 0.05) is 68.4 Å². The summed E-state index contributed by atoms with van der Waals surface area (Å²) in [6, 6.07) is 9.13. The van der Waals surface area contributed by atoms with Crippen LogP contribution in [0.2, 0.25) is 0 Å². The highest BCUT2D eigenvalue weighted by Gasteiger charge is 2.15. The first-order valence-electron chi connectivity index (χ1n) is 11.2. The molecule has 0 amide bonds. The molecule has 3 aromatic heterocycles. The highest BCUT2D eigenvalue weighted by Crippen LogP contribution is 2.36. The van der Waals surface area contributed by atoms with Crippen LogP contribution in [0.5, 0.6) is 5.75 Å². The van der Waals surface area contributed by atoms with Crippen molar-refractivity contribution in [3.05, 3.63) is 59.3 Å². The molecule has 0 fully saturated rings. The normalized spacial score (nSPS) is 11.1. The lowest BCUT2D eigenvalue weighted by atomic mass is 10.1. The zero-order valence-electron chi connectivity index (χ0n) is 20.6. The number of aromatic nitrogens is 4. The number of nitrogens with one attached hydrogen (secondary N) is 1. The number of methoxy groups -OCH3 is 1. The fourth-order valence-electron chi connectivity index (χ4n) is 3.81. The van der Waals surface area contributed by atoms with Crippen molar-refractivity contribution in [2.45, 2.75) is 0 Å². The maximum absolute atomic E-state index is 13.0. The Hall–Kier alpha value is -4.18. The highest BCUT2D eigenvalue weighted by atomic mass is 16.5. The Kier molecular flexibility index (Phi) is 6.83. The third-order valence-electron chi connectivity index (χ3n) is 5.81. The van der Waals surface area contributed by atoms with Gasteiger partial charge in [0.1, 0.15) is 11.4 Å². The van der Waals surface area contributed by atoms with Crippen LogP contribution in [0.25, 0.3) is 22.2 Å². The molecule has 0 spiro atoms. The van der Waals surface area contributed by atoms with Crippen LogP contribution < -0.4 is 26.2 Å². The molecule has 0 unspecified atom stereocenters. The van der Waals surface area contributed by atoms with E-state index in [0.717, 1.165) is 29.7 Å². The molecule has 0 aliphatic carbocycles. The Labute approximate surface area is 204 Å². The summed E-state index contributed by atoms with van der Waals surface area (Å²) in [6.45, 7) is 1.71. The average molecular weight is 475 g/mol. The number of pyridine rings is 2. The summed E-state index contributed by atoms with van der Waals surface area (Å²) in [5.41, 5.74) is 10.1. The topological polar surface area (TPSA) is 114 Å². The van der Waals surface area contributed by atoms with E-state index in [2.05, 4.69) is 30.1 Å². The van der Waals surface area contributed by atoms with E-state index in [1.807, 2.05) is 33.3 Å². The van der Waals surface area contributed by atoms with Crippen molar-refractivity contribution in [3.63, 3.8) is 0 Å². The smallest absolute Gasteiger partial charge is 0.259 e. The van der Waals surface area contributed by atoms with E-state index in [0.29, 0.717) is 34.3 Å². The number of rotatable bonds is 8. The second kappa shape index (κ2) is 9.98. The van der Waals surface area contributed by atoms with Crippen LogP contribution in [0.4, 0.5) is 23.0 Å². The van der Waals surface area contributed by atoms with Gasteiger partial charge in [0.05, 0.1) is 24.2 Å². The van der Waals surface area contributed by atoms with Gasteiger partial charge in [0.2, 0.25) is 5.95 Å². The number of anilines is 4. The third kappa shape index (κ3) is 5.02. The third-order valence-corrected chi connectivity index (χ3v) is 5.81. The number of likely N-dealkylation sites (N-methyl/N-ethyl adjacent to an activating group) is 2. The quantitative estimate of drug-likeness (QED) is 0.372. The van der Waals surface area contributed by atoms with Gasteiger partial charge in [-0.3, -0.25) is 14.3 Å². The van der Waals surface area contributed by atoms with Crippen LogP contribution in [0.3, 0.4) is 0 Å². The van der Waals surface area contributed by atoms with E-state index in [-0.39, 0.29) is 5.56 Å². The predicted molar refractivity (Wildman–Crippen MR) is 141 cm³/mol. The average Bonchev–Trinajstić information content (AvgIpc) is 2.85. The molecule has 1 aromatic carbocycles. The molecule has 10 heteroatoms. The molecule has 4 rings (SSSR count). The molecule has 0 bridgehead atoms. The minimum atomic E-state index is -0.165. The van der Waals surface area contributed by atoms with Gasteiger partial charge in [-0.2, -0.15) is 4.98 Å². The first kappa shape index (κ1) is 24.0. The Morgan fingerprint density at radius 3 is 2.63 bits per heavy atom. The van der Waals surface area contributed by atoms with Gasteiger partial charge in [0.25, 0.3) is 5.56 Å². The fourth-order valence-corrected chi connectivity index (χ4v) is 3.81. The van der Waals surface area contributed by atoms with Crippen molar-refractivity contribution < 1.29 is 4.74 Å². The molecule has 0 aliphatic heterocycles. The maximum atomic E-state index is 13.0. The van der Waals surface area contributed by atoms with Gasteiger partial charge in [-0.05, 0) is 32.3 Å². The van der Waals surface area contributed by atoms with Gasteiger partial charge in [-0.25, -0.2) is 4.98 Å². The number of nitrogens with two attached hydrogens (primary N) is 1. The first-order valence-corrected chi connectivity index (χ1v) is 11.2. The summed E-state index contributed by atoms with van der Waals surface area (Å²) in [4.78, 5) is 30.4. The van der Waals surface area contributed by atoms with Crippen molar-refractivity contribution >= 4 is 34.0 Å². The van der Waals surface area contributed by atoms with Gasteiger partial charge in [-0.1, -0.05) is 6.07 Å². The van der Waals surface area contributed by atoms with Crippen molar-refractivity contribution in [1.29, 1.82) is 0 Å². The standard InChI is InChI=1S/C25H30N8O2/c1-31(2)9-10-32(3)21-13-22(35-5)20(12-19(21)26)29-25-28-15-17-11-18(16-7-6-8-27-14-16)24(34)33(4)23(17)30-25/h6-8,11-15H,9-10,26H2,1-5H3,(H,28,29,30). The molecule has 0 radical (unpaired) electrons. The molecule has 10 nitrogen and oxygen atoms in total. The largest absolute Gasteiger partial charge is 0.494 e. The van der Waals surface area contributed by atoms with Crippen molar-refractivity contribution in [2.75, 3.05) is 57.3 Å². The zero-order chi connectivity index (χ0) is 25.1. The van der Waals surface area contributed by atoms with Gasteiger partial charge >= 0.3 is 0 Å². The Morgan fingerprint density at radius 2 is 1.94 bits per heavy atom. The van der Waals surface area contributed by atoms with Crippen LogP contribution in [-0.2, 0) is 7.05 Å². The number of hydrogen-bond donors (Lipinski definition) is 2. The summed E-state index contributed by atoms with van der Waals surface area (Å²) >= 11 is 0. The van der Waals surface area contributed by atoms with Crippen molar-refractivity contribution in [3.8, 4) is 16.9 Å². The fraction of sp³-hybridized carbons (Fsp3) is 0.280. The minimum Gasteiger partial charge on any atom is -0.494 e. The lowest BCUT2D eigenvalue weighted by Gasteiger charge is -2.24. The second-order valence-electron chi connectivity index (χ2n) is 8.60. The van der Waals surface area contributed by atoms with Gasteiger partial charge < -0.3 is 25.6 Å². The predicted octanol–water partition coefficient (Wildman–Crippen LogP) is 2.72. The van der Waals surface area contributed by atoms with Crippen molar-refractivity contribution in [2.24, 2.45) is 7.05 Å². The lowest BCUT2D eigenvalue weighted by molar-refractivity contribution is 0.413. The van der Waals surface area contributed by atoms with Crippen LogP contribution >= 0.6 is 0 Å². The molecule has 35 heavy (non-hydrogen) atoms. The summed E-state index contributed by atoms with van der Waals surface area (Å²) in [6.07, 6.45) is 5.02. The molecule has 0 aliphatic rings. The zero-order valence-corrected chi connectivity index (χ0v) is 20.6. The first-order chi connectivity index (χ1) is 16.8. The number of fused-ring (bicyclic) bond motifs is 1. The molecule has 3 N–H and O–H groups in total. The SMILES string of the molecule is COc1cc(N(C)CCN(C)C)c(N)cc1Nc1ncc2cc(-c3cccnc3)c(=O)n(C)c2n1. The molecule has 3 heterocycles. The summed E-state index contributed by atoms with van der Waals surface area (Å²) in [7, 11) is 9.35. The van der Waals surface area contributed by atoms with E-state index in [1.54, 1.807) is 50.9 Å². The number of nitrogens with zero attached hydrogens (tertiary/aromatic N) is 6. The van der Waals surface area contributed by atoms with Gasteiger partial charge in [-0.15, -0.1) is 0 Å². The van der Waals surface area contributed by atoms with Crippen LogP contribution in [0.1, 0.15) is 0 Å². The van der Waals surface area contributed by atoms with E-state index in [9.17, 15) is 4.79 Å². The number of benzene rings is 1. The summed E-state index contributed by atoms with van der Waals surface area (Å²) in [5, 5.41) is 3.92. The second-order valence-corrected chi connectivity index (χ2v) is 8.60. The number of aryl methyl sites for hydroxylation is 1. The van der Waals surface area contributed by atoms with Crippen LogP contribution in [0.15, 0.2) is 53.7 Å². The van der Waals surface area contributed by atoms with Crippen molar-refractivity contribution in [1.82, 2.24) is 24.4 Å². The molecule has 0 saturated carbocycles. The molecular formula is C25H30N8O2. The maximum Gasteiger partial charge on any atom is 0.259 e. The molecule has 4 aromatic rings. The number of nitrogen functional groups attached to an aromatic ring is 1. The lowest BCUT2D eigenvalue weighted by Crippen LogP contribution is -2.29. The van der Waals surface area contributed by atoms with Crippen LogP contribution in [-0.4, -0.2) is 65.8 Å². The Morgan fingerprint density at radius 1 is 1.14 bits per heavy atom. The van der Waals surface area contributed by atoms with Gasteiger partial charge in [0.15, 0.2) is 0 Å². The van der Waals surface area contributed by atoms with Crippen LogP contribution in [0, 0.1) is 0 Å². The van der Waals surface area contributed by atoms with E-state index >= 15 is 0 Å². The minimum absolute atomic E-state index is 0.165. The molecule has 0 atom stereocenters. The summed E-state index contributed by atoms with van der Waals surface area (Å²) in [5.74, 6) is 0.934. The van der Waals surface area contributed by atoms with E-state index in [1.165, 1.54) is 4.57 Å². The molecule has 182 valence electrons. The summed E-state index contributed by atoms with van der Waals surface area (Å²) < 4.78 is 7.13. The Bertz CT molecular complexity index is 1400. The van der Waals surface area contributed by atoms with E-state index < -0.39 is 0 Å². The Balaban J connectivity index is 1.67.